The molecule has 1 fully saturated rings. The van der Waals surface area contributed by atoms with Crippen LogP contribution in [0.1, 0.15) is 57.8 Å². The summed E-state index contributed by atoms with van der Waals surface area (Å²) < 4.78 is 4.89. The van der Waals surface area contributed by atoms with Gasteiger partial charge in [0.25, 0.3) is 11.8 Å². The molecular weight excluding hydrogens is 358 g/mol. The Morgan fingerprint density at radius 1 is 1.39 bits per heavy atom. The van der Waals surface area contributed by atoms with E-state index < -0.39 is 0 Å². The maximum atomic E-state index is 12.9. The summed E-state index contributed by atoms with van der Waals surface area (Å²) in [6.45, 7) is 7.54. The van der Waals surface area contributed by atoms with Crippen LogP contribution in [0.2, 0.25) is 0 Å². The fourth-order valence-electron chi connectivity index (χ4n) is 4.10. The van der Waals surface area contributed by atoms with E-state index in [-0.39, 0.29) is 18.4 Å². The highest BCUT2D eigenvalue weighted by molar-refractivity contribution is 6.02. The number of fused-ring (bicyclic) bond motifs is 1. The Morgan fingerprint density at radius 3 is 3.00 bits per heavy atom. The Morgan fingerprint density at radius 2 is 2.25 bits per heavy atom. The highest BCUT2D eigenvalue weighted by Gasteiger charge is 2.32. The largest absolute Gasteiger partial charge is 0.345 e. The van der Waals surface area contributed by atoms with Crippen LogP contribution >= 0.6 is 0 Å². The van der Waals surface area contributed by atoms with Gasteiger partial charge in [-0.2, -0.15) is 4.98 Å². The van der Waals surface area contributed by atoms with Crippen LogP contribution in [0.4, 0.5) is 0 Å². The topological polar surface area (TPSA) is 91.6 Å². The molecule has 4 rings (SSSR count). The summed E-state index contributed by atoms with van der Waals surface area (Å²) in [5.74, 6) is 0.633. The van der Waals surface area contributed by atoms with Gasteiger partial charge in [0.1, 0.15) is 0 Å². The smallest absolute Gasteiger partial charge is 0.254 e. The lowest BCUT2D eigenvalue weighted by atomic mass is 10.1. The van der Waals surface area contributed by atoms with Gasteiger partial charge in [-0.1, -0.05) is 18.1 Å². The lowest BCUT2D eigenvalue weighted by Crippen LogP contribution is -2.40. The first-order valence-electron chi connectivity index (χ1n) is 9.78. The van der Waals surface area contributed by atoms with Gasteiger partial charge in [0.2, 0.25) is 5.89 Å². The first-order valence-corrected chi connectivity index (χ1v) is 9.78. The Bertz CT molecular complexity index is 894. The van der Waals surface area contributed by atoms with E-state index in [1.807, 2.05) is 11.0 Å². The van der Waals surface area contributed by atoms with Crippen molar-refractivity contribution in [2.24, 2.45) is 0 Å². The van der Waals surface area contributed by atoms with E-state index in [2.05, 4.69) is 27.3 Å². The number of rotatable bonds is 6. The Labute approximate surface area is 163 Å². The lowest BCUT2D eigenvalue weighted by Gasteiger charge is -2.27. The second-order valence-corrected chi connectivity index (χ2v) is 7.39. The van der Waals surface area contributed by atoms with E-state index in [9.17, 15) is 9.59 Å². The molecule has 8 heteroatoms. The summed E-state index contributed by atoms with van der Waals surface area (Å²) >= 11 is 0. The average molecular weight is 383 g/mol. The van der Waals surface area contributed by atoms with E-state index in [4.69, 9.17) is 4.52 Å². The fraction of sp³-hybridized carbons (Fsp3) is 0.500. The maximum Gasteiger partial charge on any atom is 0.254 e. The second kappa shape index (κ2) is 7.71. The zero-order valence-electron chi connectivity index (χ0n) is 16.3. The predicted octanol–water partition coefficient (Wildman–Crippen LogP) is 1.75. The molecule has 1 atom stereocenters. The van der Waals surface area contributed by atoms with Gasteiger partial charge < -0.3 is 14.7 Å². The van der Waals surface area contributed by atoms with E-state index >= 15 is 0 Å². The minimum atomic E-state index is -0.260. The van der Waals surface area contributed by atoms with Crippen molar-refractivity contribution in [2.45, 2.75) is 45.8 Å². The summed E-state index contributed by atoms with van der Waals surface area (Å²) in [5.41, 5.74) is 2.07. The molecule has 0 aliphatic carbocycles. The number of aryl methyl sites for hydroxylation is 1. The van der Waals surface area contributed by atoms with Gasteiger partial charge in [0.15, 0.2) is 5.82 Å². The quantitative estimate of drug-likeness (QED) is 0.817. The molecule has 8 nitrogen and oxygen atoms in total. The molecule has 0 saturated carbocycles. The molecule has 2 aliphatic heterocycles. The molecule has 2 aromatic rings. The van der Waals surface area contributed by atoms with Crippen molar-refractivity contribution in [3.05, 3.63) is 46.6 Å². The normalized spacial score (nSPS) is 19.3. The van der Waals surface area contributed by atoms with Crippen molar-refractivity contribution in [3.8, 4) is 0 Å². The predicted molar refractivity (Wildman–Crippen MR) is 102 cm³/mol. The van der Waals surface area contributed by atoms with Gasteiger partial charge in [0, 0.05) is 37.2 Å². The minimum Gasteiger partial charge on any atom is -0.345 e. The number of aromatic nitrogens is 2. The number of hydrogen-bond donors (Lipinski definition) is 1. The van der Waals surface area contributed by atoms with Gasteiger partial charge in [-0.3, -0.25) is 14.5 Å². The van der Waals surface area contributed by atoms with E-state index in [0.29, 0.717) is 35.4 Å². The zero-order chi connectivity index (χ0) is 19.7. The molecule has 1 saturated heterocycles. The number of hydrogen-bond acceptors (Lipinski definition) is 6. The number of nitrogens with one attached hydrogen (secondary N) is 1. The number of carbonyl (C=O) groups excluding carboxylic acids is 2. The molecule has 2 amide bonds. The summed E-state index contributed by atoms with van der Waals surface area (Å²) in [4.78, 5) is 33.7. The SMILES string of the molecule is CCN1CCC[C@@H]1CN1Cc2ccc(C(=O)NCc3noc(C)n3)cc2C1=O. The molecule has 148 valence electrons. The van der Waals surface area contributed by atoms with Gasteiger partial charge in [-0.25, -0.2) is 0 Å². The van der Waals surface area contributed by atoms with Crippen LogP contribution in [0.3, 0.4) is 0 Å². The summed E-state index contributed by atoms with van der Waals surface area (Å²) in [5, 5.41) is 6.52. The number of likely N-dealkylation sites (N-methyl/N-ethyl adjacent to an activating group) is 1. The third-order valence-electron chi connectivity index (χ3n) is 5.56. The zero-order valence-corrected chi connectivity index (χ0v) is 16.3. The van der Waals surface area contributed by atoms with Crippen LogP contribution < -0.4 is 5.32 Å². The van der Waals surface area contributed by atoms with Gasteiger partial charge >= 0.3 is 0 Å². The minimum absolute atomic E-state index is 0.0152. The Kier molecular flexibility index (Phi) is 5.13. The lowest BCUT2D eigenvalue weighted by molar-refractivity contribution is 0.0731. The van der Waals surface area contributed by atoms with Crippen LogP contribution in [0.25, 0.3) is 0 Å². The van der Waals surface area contributed by atoms with Crippen molar-refractivity contribution in [3.63, 3.8) is 0 Å². The average Bonchev–Trinajstić information content (AvgIpc) is 3.40. The third-order valence-corrected chi connectivity index (χ3v) is 5.56. The summed E-state index contributed by atoms with van der Waals surface area (Å²) in [6.07, 6.45) is 2.33. The molecule has 1 aromatic heterocycles. The Balaban J connectivity index is 1.41. The number of amides is 2. The van der Waals surface area contributed by atoms with Gasteiger partial charge in [0.05, 0.1) is 6.54 Å². The molecule has 1 N–H and O–H groups in total. The highest BCUT2D eigenvalue weighted by atomic mass is 16.5. The standard InChI is InChI=1S/C20H25N5O3/c1-3-24-8-4-5-16(24)12-25-11-15-7-6-14(9-17(15)20(25)27)19(26)21-10-18-22-13(2)28-23-18/h6-7,9,16H,3-5,8,10-12H2,1-2H3,(H,21,26)/t16-/m1/s1. The summed E-state index contributed by atoms with van der Waals surface area (Å²) in [7, 11) is 0. The van der Waals surface area contributed by atoms with Crippen molar-refractivity contribution in [2.75, 3.05) is 19.6 Å². The summed E-state index contributed by atoms with van der Waals surface area (Å²) in [6, 6.07) is 5.78. The molecule has 0 spiro atoms. The molecule has 28 heavy (non-hydrogen) atoms. The number of benzene rings is 1. The van der Waals surface area contributed by atoms with E-state index in [0.717, 1.165) is 31.6 Å². The van der Waals surface area contributed by atoms with Crippen molar-refractivity contribution in [1.29, 1.82) is 0 Å². The molecule has 0 radical (unpaired) electrons. The molecular formula is C20H25N5O3. The van der Waals surface area contributed by atoms with E-state index in [1.54, 1.807) is 19.1 Å². The fourth-order valence-corrected chi connectivity index (χ4v) is 4.10. The number of carbonyl (C=O) groups is 2. The van der Waals surface area contributed by atoms with Crippen LogP contribution in [-0.4, -0.2) is 57.4 Å². The van der Waals surface area contributed by atoms with Crippen molar-refractivity contribution in [1.82, 2.24) is 25.3 Å². The van der Waals surface area contributed by atoms with Crippen LogP contribution in [-0.2, 0) is 13.1 Å². The monoisotopic (exact) mass is 383 g/mol. The van der Waals surface area contributed by atoms with Crippen LogP contribution in [0, 0.1) is 6.92 Å². The second-order valence-electron chi connectivity index (χ2n) is 7.39. The molecule has 2 aliphatic rings. The van der Waals surface area contributed by atoms with E-state index in [1.165, 1.54) is 6.42 Å². The van der Waals surface area contributed by atoms with Gasteiger partial charge in [-0.05, 0) is 43.6 Å². The van der Waals surface area contributed by atoms with Crippen LogP contribution in [0.5, 0.6) is 0 Å². The molecule has 0 unspecified atom stereocenters. The van der Waals surface area contributed by atoms with Crippen molar-refractivity contribution < 1.29 is 14.1 Å². The maximum absolute atomic E-state index is 12.9. The van der Waals surface area contributed by atoms with Gasteiger partial charge in [-0.15, -0.1) is 0 Å². The van der Waals surface area contributed by atoms with Crippen molar-refractivity contribution >= 4 is 11.8 Å². The molecule has 0 bridgehead atoms. The number of nitrogens with zero attached hydrogens (tertiary/aromatic N) is 4. The molecule has 1 aromatic carbocycles. The first kappa shape index (κ1) is 18.6. The number of likely N-dealkylation sites (tertiary alicyclic amines) is 1. The first-order chi connectivity index (χ1) is 13.5. The Hall–Kier alpha value is -2.74. The highest BCUT2D eigenvalue weighted by Crippen LogP contribution is 2.26. The molecule has 3 heterocycles. The third kappa shape index (κ3) is 3.64. The van der Waals surface area contributed by atoms with Crippen LogP contribution in [0.15, 0.2) is 22.7 Å².